The summed E-state index contributed by atoms with van der Waals surface area (Å²) in [6, 6.07) is 5.88. The minimum Gasteiger partial charge on any atom is -0.481 e. The van der Waals surface area contributed by atoms with Crippen LogP contribution >= 0.6 is 0 Å². The van der Waals surface area contributed by atoms with Crippen LogP contribution in [-0.2, 0) is 17.6 Å². The largest absolute Gasteiger partial charge is 0.481 e. The van der Waals surface area contributed by atoms with Gasteiger partial charge in [-0.1, -0.05) is 6.07 Å². The molecule has 1 aliphatic rings. The van der Waals surface area contributed by atoms with Crippen molar-refractivity contribution in [2.45, 2.75) is 52.0 Å². The van der Waals surface area contributed by atoms with E-state index in [0.717, 1.165) is 19.3 Å². The third-order valence-corrected chi connectivity index (χ3v) is 3.95. The van der Waals surface area contributed by atoms with Gasteiger partial charge in [-0.2, -0.15) is 0 Å². The van der Waals surface area contributed by atoms with Crippen LogP contribution in [0.15, 0.2) is 18.2 Å². The number of fused-ring (bicyclic) bond motifs is 1. The molecule has 0 unspecified atom stereocenters. The number of rotatable bonds is 4. The molecule has 0 aliphatic heterocycles. The number of carbonyl (C=O) groups excluding carboxylic acids is 1. The van der Waals surface area contributed by atoms with E-state index in [0.29, 0.717) is 5.56 Å². The van der Waals surface area contributed by atoms with E-state index in [9.17, 15) is 9.59 Å². The lowest BCUT2D eigenvalue weighted by molar-refractivity contribution is -0.137. The summed E-state index contributed by atoms with van der Waals surface area (Å²) in [6.45, 7) is 6.02. The number of nitrogens with zero attached hydrogens (tertiary/aromatic N) is 1. The third kappa shape index (κ3) is 3.63. The quantitative estimate of drug-likeness (QED) is 0.927. The molecule has 0 atom stereocenters. The normalized spacial score (nSPS) is 13.9. The smallest absolute Gasteiger partial charge is 0.305 e. The summed E-state index contributed by atoms with van der Waals surface area (Å²) >= 11 is 0. The fourth-order valence-electron chi connectivity index (χ4n) is 2.81. The molecular weight excluding hydrogens is 266 g/mol. The topological polar surface area (TPSA) is 57.6 Å². The highest BCUT2D eigenvalue weighted by Gasteiger charge is 2.28. The molecule has 1 aromatic rings. The summed E-state index contributed by atoms with van der Waals surface area (Å²) in [5, 5.41) is 8.87. The summed E-state index contributed by atoms with van der Waals surface area (Å²) in [7, 11) is 0. The van der Waals surface area contributed by atoms with E-state index in [1.54, 1.807) is 4.90 Å². The molecule has 4 heteroatoms. The summed E-state index contributed by atoms with van der Waals surface area (Å²) < 4.78 is 0. The number of amides is 1. The van der Waals surface area contributed by atoms with Gasteiger partial charge in [0.15, 0.2) is 0 Å². The van der Waals surface area contributed by atoms with Gasteiger partial charge in [0.1, 0.15) is 0 Å². The first-order valence-corrected chi connectivity index (χ1v) is 7.44. The van der Waals surface area contributed by atoms with E-state index in [4.69, 9.17) is 5.11 Å². The summed E-state index contributed by atoms with van der Waals surface area (Å²) in [6.07, 6.45) is 3.23. The molecule has 0 saturated heterocycles. The zero-order chi connectivity index (χ0) is 15.6. The molecule has 1 amide bonds. The molecule has 2 rings (SSSR count). The van der Waals surface area contributed by atoms with Crippen molar-refractivity contribution < 1.29 is 14.7 Å². The predicted molar refractivity (Wildman–Crippen MR) is 81.5 cm³/mol. The molecule has 0 aromatic heterocycles. The number of aliphatic carboxylic acids is 1. The van der Waals surface area contributed by atoms with Gasteiger partial charge in [-0.05, 0) is 63.3 Å². The summed E-state index contributed by atoms with van der Waals surface area (Å²) in [5.74, 6) is -0.968. The van der Waals surface area contributed by atoms with Crippen molar-refractivity contribution in [1.82, 2.24) is 4.90 Å². The Labute approximate surface area is 125 Å². The Morgan fingerprint density at radius 2 is 1.86 bits per heavy atom. The number of carbonyl (C=O) groups is 2. The maximum atomic E-state index is 12.7. The third-order valence-electron chi connectivity index (χ3n) is 3.95. The molecule has 4 nitrogen and oxygen atoms in total. The highest BCUT2D eigenvalue weighted by molar-refractivity contribution is 5.95. The molecule has 0 heterocycles. The maximum Gasteiger partial charge on any atom is 0.305 e. The van der Waals surface area contributed by atoms with Gasteiger partial charge in [-0.3, -0.25) is 9.59 Å². The van der Waals surface area contributed by atoms with Crippen molar-refractivity contribution in [3.8, 4) is 0 Å². The lowest BCUT2D eigenvalue weighted by atomic mass is 10.0. The molecule has 1 aromatic carbocycles. The molecule has 1 N–H and O–H groups in total. The van der Waals surface area contributed by atoms with Gasteiger partial charge in [0.2, 0.25) is 0 Å². The van der Waals surface area contributed by atoms with Crippen molar-refractivity contribution in [1.29, 1.82) is 0 Å². The monoisotopic (exact) mass is 289 g/mol. The van der Waals surface area contributed by atoms with Crippen LogP contribution in [0.5, 0.6) is 0 Å². The van der Waals surface area contributed by atoms with Gasteiger partial charge in [0, 0.05) is 17.6 Å². The molecule has 0 radical (unpaired) electrons. The first-order valence-electron chi connectivity index (χ1n) is 7.44. The van der Waals surface area contributed by atoms with Gasteiger partial charge >= 0.3 is 5.97 Å². The second-order valence-corrected chi connectivity index (χ2v) is 6.61. The maximum absolute atomic E-state index is 12.7. The SMILES string of the molecule is CC(C)(C)N(CCC(=O)O)C(=O)c1ccc2c(c1)CCC2. The lowest BCUT2D eigenvalue weighted by Gasteiger charge is -2.35. The van der Waals surface area contributed by atoms with E-state index in [2.05, 4.69) is 0 Å². The van der Waals surface area contributed by atoms with Gasteiger partial charge in [-0.15, -0.1) is 0 Å². The second-order valence-electron chi connectivity index (χ2n) is 6.61. The Balaban J connectivity index is 2.23. The lowest BCUT2D eigenvalue weighted by Crippen LogP contribution is -2.46. The number of hydrogen-bond donors (Lipinski definition) is 1. The number of carboxylic acid groups (broad SMARTS) is 1. The van der Waals surface area contributed by atoms with Crippen LogP contribution in [0, 0.1) is 0 Å². The van der Waals surface area contributed by atoms with Crippen molar-refractivity contribution in [2.24, 2.45) is 0 Å². The fraction of sp³-hybridized carbons (Fsp3) is 0.529. The Hall–Kier alpha value is -1.84. The predicted octanol–water partition coefficient (Wildman–Crippen LogP) is 2.89. The highest BCUT2D eigenvalue weighted by Crippen LogP contribution is 2.25. The number of hydrogen-bond acceptors (Lipinski definition) is 2. The van der Waals surface area contributed by atoms with Crippen molar-refractivity contribution >= 4 is 11.9 Å². The van der Waals surface area contributed by atoms with E-state index >= 15 is 0 Å². The molecule has 0 fully saturated rings. The highest BCUT2D eigenvalue weighted by atomic mass is 16.4. The van der Waals surface area contributed by atoms with Crippen molar-refractivity contribution in [3.05, 3.63) is 34.9 Å². The standard InChI is InChI=1S/C17H23NO3/c1-17(2,3)18(10-9-15(19)20)16(21)14-8-7-12-5-4-6-13(12)11-14/h7-8,11H,4-6,9-10H2,1-3H3,(H,19,20). The average Bonchev–Trinajstić information content (AvgIpc) is 2.83. The van der Waals surface area contributed by atoms with Crippen LogP contribution in [0.3, 0.4) is 0 Å². The average molecular weight is 289 g/mol. The van der Waals surface area contributed by atoms with Crippen LogP contribution in [0.4, 0.5) is 0 Å². The minimum absolute atomic E-state index is 0.0338. The Bertz CT molecular complexity index is 558. The molecule has 0 saturated carbocycles. The van der Waals surface area contributed by atoms with E-state index in [-0.39, 0.29) is 18.9 Å². The molecular formula is C17H23NO3. The zero-order valence-electron chi connectivity index (χ0n) is 13.0. The van der Waals surface area contributed by atoms with E-state index in [1.807, 2.05) is 39.0 Å². The Morgan fingerprint density at radius 3 is 2.48 bits per heavy atom. The van der Waals surface area contributed by atoms with Gasteiger partial charge in [0.05, 0.1) is 6.42 Å². The van der Waals surface area contributed by atoms with E-state index < -0.39 is 11.5 Å². The number of carboxylic acids is 1. The van der Waals surface area contributed by atoms with Crippen LogP contribution < -0.4 is 0 Å². The van der Waals surface area contributed by atoms with Crippen LogP contribution in [0.25, 0.3) is 0 Å². The summed E-state index contributed by atoms with van der Waals surface area (Å²) in [4.78, 5) is 25.2. The zero-order valence-corrected chi connectivity index (χ0v) is 13.0. The molecule has 21 heavy (non-hydrogen) atoms. The first-order chi connectivity index (χ1) is 9.79. The van der Waals surface area contributed by atoms with Crippen LogP contribution in [-0.4, -0.2) is 34.0 Å². The molecule has 0 spiro atoms. The second kappa shape index (κ2) is 5.88. The number of benzene rings is 1. The molecule has 114 valence electrons. The summed E-state index contributed by atoms with van der Waals surface area (Å²) in [5.41, 5.74) is 2.86. The van der Waals surface area contributed by atoms with Crippen molar-refractivity contribution in [2.75, 3.05) is 6.54 Å². The molecule has 0 bridgehead atoms. The Morgan fingerprint density at radius 1 is 1.19 bits per heavy atom. The van der Waals surface area contributed by atoms with Crippen molar-refractivity contribution in [3.63, 3.8) is 0 Å². The first kappa shape index (κ1) is 15.5. The fourth-order valence-corrected chi connectivity index (χ4v) is 2.81. The molecule has 1 aliphatic carbocycles. The Kier molecular flexibility index (Phi) is 4.35. The van der Waals surface area contributed by atoms with Gasteiger partial charge < -0.3 is 10.0 Å². The van der Waals surface area contributed by atoms with E-state index in [1.165, 1.54) is 11.1 Å². The van der Waals surface area contributed by atoms with Crippen LogP contribution in [0.1, 0.15) is 55.1 Å². The minimum atomic E-state index is -0.883. The number of aryl methyl sites for hydroxylation is 2. The van der Waals surface area contributed by atoms with Crippen LogP contribution in [0.2, 0.25) is 0 Å². The van der Waals surface area contributed by atoms with Gasteiger partial charge in [0.25, 0.3) is 5.91 Å². The van der Waals surface area contributed by atoms with Gasteiger partial charge in [-0.25, -0.2) is 0 Å².